The Morgan fingerprint density at radius 1 is 1.20 bits per heavy atom. The van der Waals surface area contributed by atoms with Crippen LogP contribution in [0.25, 0.3) is 0 Å². The van der Waals surface area contributed by atoms with Crippen molar-refractivity contribution in [2.24, 2.45) is 0 Å². The van der Waals surface area contributed by atoms with Crippen molar-refractivity contribution in [3.8, 4) is 0 Å². The van der Waals surface area contributed by atoms with Gasteiger partial charge in [0.05, 0.1) is 11.9 Å². The van der Waals surface area contributed by atoms with Crippen molar-refractivity contribution in [3.05, 3.63) is 53.6 Å². The predicted octanol–water partition coefficient (Wildman–Crippen LogP) is 2.74. The Labute approximate surface area is 93.1 Å². The van der Waals surface area contributed by atoms with E-state index < -0.39 is 0 Å². The summed E-state index contributed by atoms with van der Waals surface area (Å²) in [5.41, 5.74) is 2.08. The highest BCUT2D eigenvalue weighted by Gasteiger charge is 1.94. The summed E-state index contributed by atoms with van der Waals surface area (Å²) in [6, 6.07) is 7.58. The fourth-order valence-electron chi connectivity index (χ4n) is 1.19. The van der Waals surface area contributed by atoms with Crippen molar-refractivity contribution in [1.29, 1.82) is 0 Å². The SMILES string of the molecule is Clc1ccc(NCc2cccnc2)cn1. The maximum Gasteiger partial charge on any atom is 0.129 e. The maximum absolute atomic E-state index is 5.68. The standard InChI is InChI=1S/C11H10ClN3/c12-11-4-3-10(8-15-11)14-7-9-2-1-5-13-6-9/h1-6,8,14H,7H2. The first kappa shape index (κ1) is 9.93. The van der Waals surface area contributed by atoms with Crippen LogP contribution in [0.5, 0.6) is 0 Å². The normalized spacial score (nSPS) is 9.93. The lowest BCUT2D eigenvalue weighted by atomic mass is 10.3. The molecule has 1 N–H and O–H groups in total. The van der Waals surface area contributed by atoms with Crippen LogP contribution in [0.3, 0.4) is 0 Å². The van der Waals surface area contributed by atoms with Crippen molar-refractivity contribution >= 4 is 17.3 Å². The number of aromatic nitrogens is 2. The summed E-state index contributed by atoms with van der Waals surface area (Å²) in [5.74, 6) is 0. The molecule has 3 nitrogen and oxygen atoms in total. The van der Waals surface area contributed by atoms with E-state index in [1.165, 1.54) is 0 Å². The highest BCUT2D eigenvalue weighted by Crippen LogP contribution is 2.10. The molecule has 2 heterocycles. The molecule has 2 aromatic heterocycles. The van der Waals surface area contributed by atoms with Crippen LogP contribution in [0, 0.1) is 0 Å². The molecule has 4 heteroatoms. The summed E-state index contributed by atoms with van der Waals surface area (Å²) in [7, 11) is 0. The monoisotopic (exact) mass is 219 g/mol. The van der Waals surface area contributed by atoms with Gasteiger partial charge < -0.3 is 5.32 Å². The average Bonchev–Trinajstić information content (AvgIpc) is 2.30. The van der Waals surface area contributed by atoms with E-state index in [0.29, 0.717) is 5.15 Å². The van der Waals surface area contributed by atoms with E-state index >= 15 is 0 Å². The lowest BCUT2D eigenvalue weighted by Gasteiger charge is -2.05. The van der Waals surface area contributed by atoms with Crippen LogP contribution in [0.4, 0.5) is 5.69 Å². The van der Waals surface area contributed by atoms with Gasteiger partial charge in [0.15, 0.2) is 0 Å². The van der Waals surface area contributed by atoms with Crippen LogP contribution >= 0.6 is 11.6 Å². The number of anilines is 1. The van der Waals surface area contributed by atoms with E-state index in [-0.39, 0.29) is 0 Å². The molecule has 2 aromatic rings. The summed E-state index contributed by atoms with van der Waals surface area (Å²) >= 11 is 5.68. The first-order chi connectivity index (χ1) is 7.34. The number of nitrogens with one attached hydrogen (secondary N) is 1. The summed E-state index contributed by atoms with van der Waals surface area (Å²) in [6.07, 6.45) is 5.29. The Bertz CT molecular complexity index is 414. The molecule has 0 radical (unpaired) electrons. The number of halogens is 1. The molecule has 2 rings (SSSR count). The van der Waals surface area contributed by atoms with Gasteiger partial charge in [0.2, 0.25) is 0 Å². The number of pyridine rings is 2. The molecule has 0 amide bonds. The molecule has 0 saturated heterocycles. The van der Waals surface area contributed by atoms with Gasteiger partial charge in [-0.25, -0.2) is 4.98 Å². The molecule has 76 valence electrons. The molecule has 0 unspecified atom stereocenters. The average molecular weight is 220 g/mol. The summed E-state index contributed by atoms with van der Waals surface area (Å²) < 4.78 is 0. The van der Waals surface area contributed by atoms with Crippen LogP contribution in [-0.2, 0) is 6.54 Å². The van der Waals surface area contributed by atoms with Crippen molar-refractivity contribution in [2.75, 3.05) is 5.32 Å². The molecule has 0 aliphatic rings. The maximum atomic E-state index is 5.68. The highest BCUT2D eigenvalue weighted by molar-refractivity contribution is 6.29. The Morgan fingerprint density at radius 3 is 2.80 bits per heavy atom. The first-order valence-corrected chi connectivity index (χ1v) is 4.97. The van der Waals surface area contributed by atoms with Gasteiger partial charge in [-0.05, 0) is 23.8 Å². The zero-order chi connectivity index (χ0) is 10.5. The van der Waals surface area contributed by atoms with E-state index in [1.807, 2.05) is 24.4 Å². The Morgan fingerprint density at radius 2 is 2.13 bits per heavy atom. The first-order valence-electron chi connectivity index (χ1n) is 4.59. The fourth-order valence-corrected chi connectivity index (χ4v) is 1.30. The van der Waals surface area contributed by atoms with Crippen LogP contribution < -0.4 is 5.32 Å². The lowest BCUT2D eigenvalue weighted by molar-refractivity contribution is 1.11. The molecule has 0 aromatic carbocycles. The minimum atomic E-state index is 0.502. The number of hydrogen-bond donors (Lipinski definition) is 1. The van der Waals surface area contributed by atoms with Crippen molar-refractivity contribution in [2.45, 2.75) is 6.54 Å². The third kappa shape index (κ3) is 2.92. The third-order valence-corrected chi connectivity index (χ3v) is 2.17. The van der Waals surface area contributed by atoms with E-state index in [4.69, 9.17) is 11.6 Å². The highest BCUT2D eigenvalue weighted by atomic mass is 35.5. The van der Waals surface area contributed by atoms with Crippen LogP contribution in [0.1, 0.15) is 5.56 Å². The van der Waals surface area contributed by atoms with Crippen LogP contribution in [0.15, 0.2) is 42.9 Å². The van der Waals surface area contributed by atoms with Gasteiger partial charge in [0.1, 0.15) is 5.15 Å². The number of hydrogen-bond acceptors (Lipinski definition) is 3. The van der Waals surface area contributed by atoms with E-state index in [2.05, 4.69) is 15.3 Å². The fraction of sp³-hybridized carbons (Fsp3) is 0.0909. The van der Waals surface area contributed by atoms with Crippen molar-refractivity contribution < 1.29 is 0 Å². The number of nitrogens with zero attached hydrogens (tertiary/aromatic N) is 2. The molecule has 0 aliphatic heterocycles. The van der Waals surface area contributed by atoms with Gasteiger partial charge in [0, 0.05) is 18.9 Å². The Hall–Kier alpha value is -1.61. The van der Waals surface area contributed by atoms with E-state index in [0.717, 1.165) is 17.8 Å². The van der Waals surface area contributed by atoms with E-state index in [9.17, 15) is 0 Å². The van der Waals surface area contributed by atoms with Gasteiger partial charge in [-0.2, -0.15) is 0 Å². The second kappa shape index (κ2) is 4.75. The zero-order valence-corrected chi connectivity index (χ0v) is 8.78. The second-order valence-corrected chi connectivity index (χ2v) is 3.47. The third-order valence-electron chi connectivity index (χ3n) is 1.95. The van der Waals surface area contributed by atoms with Crippen LogP contribution in [0.2, 0.25) is 5.15 Å². The molecule has 0 aliphatic carbocycles. The summed E-state index contributed by atoms with van der Waals surface area (Å²) in [6.45, 7) is 0.733. The predicted molar refractivity (Wildman–Crippen MR) is 60.8 cm³/mol. The Balaban J connectivity index is 1.96. The molecule has 0 bridgehead atoms. The van der Waals surface area contributed by atoms with Crippen LogP contribution in [-0.4, -0.2) is 9.97 Å². The minimum Gasteiger partial charge on any atom is -0.380 e. The molecule has 0 fully saturated rings. The molecule has 15 heavy (non-hydrogen) atoms. The lowest BCUT2D eigenvalue weighted by Crippen LogP contribution is -1.99. The minimum absolute atomic E-state index is 0.502. The largest absolute Gasteiger partial charge is 0.380 e. The van der Waals surface area contributed by atoms with Gasteiger partial charge in [-0.1, -0.05) is 17.7 Å². The van der Waals surface area contributed by atoms with Gasteiger partial charge in [0.25, 0.3) is 0 Å². The quantitative estimate of drug-likeness (QED) is 0.807. The van der Waals surface area contributed by atoms with Gasteiger partial charge >= 0.3 is 0 Å². The summed E-state index contributed by atoms with van der Waals surface area (Å²) in [4.78, 5) is 8.01. The molecule has 0 spiro atoms. The molecule has 0 atom stereocenters. The zero-order valence-electron chi connectivity index (χ0n) is 8.02. The van der Waals surface area contributed by atoms with Gasteiger partial charge in [-0.15, -0.1) is 0 Å². The van der Waals surface area contributed by atoms with Crippen molar-refractivity contribution in [3.63, 3.8) is 0 Å². The summed E-state index contributed by atoms with van der Waals surface area (Å²) in [5, 5.41) is 3.73. The van der Waals surface area contributed by atoms with Crippen molar-refractivity contribution in [1.82, 2.24) is 9.97 Å². The Kier molecular flexibility index (Phi) is 3.15. The topological polar surface area (TPSA) is 37.8 Å². The molecular formula is C11H10ClN3. The van der Waals surface area contributed by atoms with Gasteiger partial charge in [-0.3, -0.25) is 4.98 Å². The molecule has 0 saturated carbocycles. The second-order valence-electron chi connectivity index (χ2n) is 3.08. The van der Waals surface area contributed by atoms with E-state index in [1.54, 1.807) is 18.5 Å². The molecular weight excluding hydrogens is 210 g/mol. The number of rotatable bonds is 3. The smallest absolute Gasteiger partial charge is 0.129 e.